The van der Waals surface area contributed by atoms with Gasteiger partial charge in [-0.25, -0.2) is 8.42 Å². The molecule has 0 aromatic heterocycles. The second kappa shape index (κ2) is 9.84. The van der Waals surface area contributed by atoms with Crippen LogP contribution in [-0.4, -0.2) is 57.1 Å². The van der Waals surface area contributed by atoms with Crippen LogP contribution in [0.25, 0.3) is 0 Å². The molecule has 9 nitrogen and oxygen atoms in total. The number of amides is 3. The fraction of sp³-hybridized carbons (Fsp3) is 0.375. The SMILES string of the molecule is CCOc1cc(C(CC[SH](=O)=O)N2C(=O)c3cccc(N(C=O)C4CC4)c3C2=O)ccc1OC. The van der Waals surface area contributed by atoms with Crippen LogP contribution in [0.2, 0.25) is 0 Å². The summed E-state index contributed by atoms with van der Waals surface area (Å²) in [7, 11) is -1.23. The van der Waals surface area contributed by atoms with Gasteiger partial charge >= 0.3 is 0 Å². The molecule has 0 N–H and O–H groups in total. The number of imide groups is 1. The maximum atomic E-state index is 13.6. The third-order valence-electron chi connectivity index (χ3n) is 6.03. The normalized spacial score (nSPS) is 15.9. The Balaban J connectivity index is 1.78. The number of anilines is 1. The van der Waals surface area contributed by atoms with E-state index in [4.69, 9.17) is 9.47 Å². The van der Waals surface area contributed by atoms with Crippen molar-refractivity contribution in [3.8, 4) is 11.5 Å². The molecule has 3 amide bonds. The summed E-state index contributed by atoms with van der Waals surface area (Å²) >= 11 is 0. The highest BCUT2D eigenvalue weighted by molar-refractivity contribution is 7.72. The predicted octanol–water partition coefficient (Wildman–Crippen LogP) is 2.56. The Hall–Kier alpha value is -3.40. The highest BCUT2D eigenvalue weighted by Gasteiger charge is 2.44. The lowest BCUT2D eigenvalue weighted by atomic mass is 10.0. The molecule has 2 aliphatic rings. The summed E-state index contributed by atoms with van der Waals surface area (Å²) < 4.78 is 33.8. The second-order valence-electron chi connectivity index (χ2n) is 8.13. The predicted molar refractivity (Wildman–Crippen MR) is 125 cm³/mol. The molecule has 0 saturated heterocycles. The van der Waals surface area contributed by atoms with Crippen LogP contribution in [0.1, 0.15) is 58.5 Å². The Morgan fingerprint density at radius 1 is 1.15 bits per heavy atom. The summed E-state index contributed by atoms with van der Waals surface area (Å²) in [5.41, 5.74) is 1.31. The number of hydrogen-bond acceptors (Lipinski definition) is 7. The first kappa shape index (κ1) is 23.7. The number of nitrogens with zero attached hydrogens (tertiary/aromatic N) is 2. The van der Waals surface area contributed by atoms with E-state index in [2.05, 4.69) is 0 Å². The minimum atomic E-state index is -2.73. The number of fused-ring (bicyclic) bond motifs is 1. The van der Waals surface area contributed by atoms with Gasteiger partial charge in [0.1, 0.15) is 10.7 Å². The lowest BCUT2D eigenvalue weighted by molar-refractivity contribution is -0.107. The molecule has 1 atom stereocenters. The van der Waals surface area contributed by atoms with Gasteiger partial charge in [-0.15, -0.1) is 0 Å². The zero-order chi connectivity index (χ0) is 24.4. The fourth-order valence-electron chi connectivity index (χ4n) is 4.32. The topological polar surface area (TPSA) is 110 Å². The smallest absolute Gasteiger partial charge is 0.264 e. The van der Waals surface area contributed by atoms with Crippen molar-refractivity contribution in [2.45, 2.75) is 38.3 Å². The first-order valence-electron chi connectivity index (χ1n) is 11.1. The van der Waals surface area contributed by atoms with Gasteiger partial charge in [-0.05, 0) is 56.0 Å². The third kappa shape index (κ3) is 4.37. The van der Waals surface area contributed by atoms with Crippen LogP contribution in [0, 0.1) is 0 Å². The van der Waals surface area contributed by atoms with Gasteiger partial charge in [0.15, 0.2) is 11.5 Å². The molecule has 4 rings (SSSR count). The van der Waals surface area contributed by atoms with Gasteiger partial charge in [0.2, 0.25) is 6.41 Å². The van der Waals surface area contributed by atoms with Crippen molar-refractivity contribution in [3.05, 3.63) is 53.1 Å². The van der Waals surface area contributed by atoms with Gasteiger partial charge in [-0.1, -0.05) is 12.1 Å². The first-order chi connectivity index (χ1) is 16.4. The second-order valence-corrected chi connectivity index (χ2v) is 9.24. The third-order valence-corrected chi connectivity index (χ3v) is 6.65. The van der Waals surface area contributed by atoms with Crippen molar-refractivity contribution in [2.24, 2.45) is 0 Å². The number of methoxy groups -OCH3 is 1. The summed E-state index contributed by atoms with van der Waals surface area (Å²) in [6, 6.07) is 9.04. The summed E-state index contributed by atoms with van der Waals surface area (Å²) in [5.74, 6) is -0.378. The highest BCUT2D eigenvalue weighted by Crippen LogP contribution is 2.41. The molecule has 180 valence electrons. The Kier molecular flexibility index (Phi) is 6.87. The average Bonchev–Trinajstić information content (AvgIpc) is 3.63. The van der Waals surface area contributed by atoms with E-state index < -0.39 is 28.6 Å². The largest absolute Gasteiger partial charge is 0.493 e. The van der Waals surface area contributed by atoms with Crippen molar-refractivity contribution in [1.82, 2.24) is 4.90 Å². The Labute approximate surface area is 199 Å². The molecule has 1 aliphatic carbocycles. The van der Waals surface area contributed by atoms with Gasteiger partial charge in [0.25, 0.3) is 11.8 Å². The number of hydrogen-bond donors (Lipinski definition) is 1. The van der Waals surface area contributed by atoms with Crippen LogP contribution in [0.4, 0.5) is 5.69 Å². The van der Waals surface area contributed by atoms with Crippen LogP contribution in [-0.2, 0) is 15.5 Å². The molecule has 1 unspecified atom stereocenters. The van der Waals surface area contributed by atoms with Gasteiger partial charge < -0.3 is 14.4 Å². The van der Waals surface area contributed by atoms with Crippen molar-refractivity contribution in [3.63, 3.8) is 0 Å². The lowest BCUT2D eigenvalue weighted by Crippen LogP contribution is -2.35. The Bertz CT molecular complexity index is 1200. The average molecular weight is 487 g/mol. The Morgan fingerprint density at radius 2 is 1.91 bits per heavy atom. The minimum Gasteiger partial charge on any atom is -0.493 e. The van der Waals surface area contributed by atoms with E-state index in [1.165, 1.54) is 12.0 Å². The molecule has 0 radical (unpaired) electrons. The molecule has 1 saturated carbocycles. The summed E-state index contributed by atoms with van der Waals surface area (Å²) in [5, 5.41) is 0. The maximum absolute atomic E-state index is 13.6. The zero-order valence-corrected chi connectivity index (χ0v) is 19.8. The number of ether oxygens (including phenoxy) is 2. The number of benzene rings is 2. The summed E-state index contributed by atoms with van der Waals surface area (Å²) in [6.45, 7) is 2.19. The molecule has 0 bridgehead atoms. The summed E-state index contributed by atoms with van der Waals surface area (Å²) in [6.07, 6.45) is 2.38. The monoisotopic (exact) mass is 486 g/mol. The molecule has 1 aliphatic heterocycles. The van der Waals surface area contributed by atoms with E-state index in [-0.39, 0.29) is 29.3 Å². The molecule has 1 fully saturated rings. The van der Waals surface area contributed by atoms with Crippen molar-refractivity contribution in [2.75, 3.05) is 24.4 Å². The molecular formula is C24H26N2O7S. The molecular weight excluding hydrogens is 460 g/mol. The van der Waals surface area contributed by atoms with Gasteiger partial charge in [-0.3, -0.25) is 19.3 Å². The number of carbonyl (C=O) groups excluding carboxylic acids is 3. The van der Waals surface area contributed by atoms with Gasteiger partial charge in [0.05, 0.1) is 36.6 Å². The van der Waals surface area contributed by atoms with E-state index in [1.54, 1.807) is 36.4 Å². The van der Waals surface area contributed by atoms with Crippen molar-refractivity contribution in [1.29, 1.82) is 0 Å². The van der Waals surface area contributed by atoms with Crippen molar-refractivity contribution < 1.29 is 32.3 Å². The van der Waals surface area contributed by atoms with Crippen molar-refractivity contribution >= 4 is 34.6 Å². The van der Waals surface area contributed by atoms with Gasteiger partial charge in [-0.2, -0.15) is 0 Å². The van der Waals surface area contributed by atoms with E-state index >= 15 is 0 Å². The molecule has 2 aromatic carbocycles. The number of thiol groups is 1. The van der Waals surface area contributed by atoms with E-state index in [0.717, 1.165) is 17.7 Å². The summed E-state index contributed by atoms with van der Waals surface area (Å²) in [4.78, 5) is 41.4. The lowest BCUT2D eigenvalue weighted by Gasteiger charge is -2.27. The minimum absolute atomic E-state index is 0.0107. The number of rotatable bonds is 11. The first-order valence-corrected chi connectivity index (χ1v) is 12.4. The van der Waals surface area contributed by atoms with Crippen LogP contribution in [0.5, 0.6) is 11.5 Å². The van der Waals surface area contributed by atoms with Crippen LogP contribution < -0.4 is 14.4 Å². The molecule has 0 spiro atoms. The van der Waals surface area contributed by atoms with E-state index in [9.17, 15) is 22.8 Å². The fourth-order valence-corrected chi connectivity index (χ4v) is 4.77. The highest BCUT2D eigenvalue weighted by atomic mass is 32.2. The molecule has 34 heavy (non-hydrogen) atoms. The van der Waals surface area contributed by atoms with Crippen LogP contribution in [0.15, 0.2) is 36.4 Å². The standard InChI is InChI=1S/C24H26N2O7S/c1-3-33-21-13-15(7-10-20(21)32-2)18(11-12-34(30)31)26-23(28)17-5-4-6-19(22(17)24(26)29)25(14-27)16-8-9-16/h4-7,10,13-14,16,18,34H,3,8-9,11-12H2,1-2H3. The Morgan fingerprint density at radius 3 is 2.53 bits per heavy atom. The van der Waals surface area contributed by atoms with E-state index in [0.29, 0.717) is 35.8 Å². The molecule has 1 heterocycles. The quantitative estimate of drug-likeness (QED) is 0.295. The van der Waals surface area contributed by atoms with Crippen LogP contribution >= 0.6 is 0 Å². The maximum Gasteiger partial charge on any atom is 0.264 e. The van der Waals surface area contributed by atoms with E-state index in [1.807, 2.05) is 6.92 Å². The van der Waals surface area contributed by atoms with Gasteiger partial charge in [0, 0.05) is 11.8 Å². The zero-order valence-electron chi connectivity index (χ0n) is 18.9. The van der Waals surface area contributed by atoms with Crippen LogP contribution in [0.3, 0.4) is 0 Å². The molecule has 2 aromatic rings. The number of carbonyl (C=O) groups is 3. The molecule has 10 heteroatoms.